The van der Waals surface area contributed by atoms with Gasteiger partial charge in [0.2, 0.25) is 0 Å². The number of hydrogen-bond donors (Lipinski definition) is 0. The van der Waals surface area contributed by atoms with Crippen LogP contribution in [0.15, 0.2) is 12.1 Å². The van der Waals surface area contributed by atoms with E-state index in [1.165, 1.54) is 22.0 Å². The Kier molecular flexibility index (Phi) is 4.44. The maximum absolute atomic E-state index is 2.77. The first-order chi connectivity index (χ1) is 4.61. The van der Waals surface area contributed by atoms with E-state index in [1.54, 1.807) is 0 Å². The molecule has 0 aliphatic rings. The maximum atomic E-state index is 2.77. The van der Waals surface area contributed by atoms with Crippen molar-refractivity contribution in [2.24, 2.45) is 0 Å². The third kappa shape index (κ3) is 2.66. The first-order valence-corrected chi connectivity index (χ1v) is 4.02. The standard InChI is InChI=1S/C9H13P.Ru/c1-6-4-7(2)9(10)8(3)5-6;/h4-5H,10H2,1-3H3;/q;+3. The van der Waals surface area contributed by atoms with Crippen molar-refractivity contribution in [2.75, 3.05) is 0 Å². The van der Waals surface area contributed by atoms with Crippen molar-refractivity contribution in [1.29, 1.82) is 0 Å². The quantitative estimate of drug-likeness (QED) is 0.491. The molecule has 0 bridgehead atoms. The van der Waals surface area contributed by atoms with Crippen LogP contribution in [-0.4, -0.2) is 0 Å². The molecule has 0 saturated carbocycles. The van der Waals surface area contributed by atoms with Crippen LogP contribution in [0.3, 0.4) is 0 Å². The maximum Gasteiger partial charge on any atom is 3.00 e. The third-order valence-corrected chi connectivity index (χ3v) is 2.65. The fraction of sp³-hybridized carbons (Fsp3) is 0.333. The van der Waals surface area contributed by atoms with Gasteiger partial charge in [-0.25, -0.2) is 0 Å². The largest absolute Gasteiger partial charge is 3.00 e. The normalized spacial score (nSPS) is 9.09. The molecule has 1 unspecified atom stereocenters. The zero-order valence-electron chi connectivity index (χ0n) is 7.09. The second kappa shape index (κ2) is 4.34. The van der Waals surface area contributed by atoms with Gasteiger partial charge in [-0.15, -0.1) is 9.24 Å². The van der Waals surface area contributed by atoms with E-state index in [4.69, 9.17) is 0 Å². The minimum absolute atomic E-state index is 0. The molecule has 0 heterocycles. The van der Waals surface area contributed by atoms with E-state index >= 15 is 0 Å². The predicted molar refractivity (Wildman–Crippen MR) is 50.0 cm³/mol. The molecule has 2 heteroatoms. The van der Waals surface area contributed by atoms with E-state index in [1.807, 2.05) is 0 Å². The molecule has 0 amide bonds. The molecule has 0 aliphatic carbocycles. The fourth-order valence-electron chi connectivity index (χ4n) is 1.19. The summed E-state index contributed by atoms with van der Waals surface area (Å²) in [5.41, 5.74) is 4.08. The Morgan fingerprint density at radius 3 is 1.73 bits per heavy atom. The molecule has 0 spiro atoms. The summed E-state index contributed by atoms with van der Waals surface area (Å²) in [5, 5.41) is 1.34. The summed E-state index contributed by atoms with van der Waals surface area (Å²) in [6.45, 7) is 6.41. The molecular formula is C9H13PRu+3. The Labute approximate surface area is 83.7 Å². The summed E-state index contributed by atoms with van der Waals surface area (Å²) >= 11 is 0. The summed E-state index contributed by atoms with van der Waals surface area (Å²) < 4.78 is 0. The Morgan fingerprint density at radius 1 is 1.00 bits per heavy atom. The zero-order valence-corrected chi connectivity index (χ0v) is 9.98. The molecule has 1 aromatic rings. The molecule has 1 rings (SSSR count). The molecule has 0 nitrogen and oxygen atoms in total. The topological polar surface area (TPSA) is 0 Å². The van der Waals surface area contributed by atoms with Crippen LogP contribution in [0.5, 0.6) is 0 Å². The molecule has 0 aromatic heterocycles. The van der Waals surface area contributed by atoms with Crippen LogP contribution < -0.4 is 5.30 Å². The van der Waals surface area contributed by atoms with Gasteiger partial charge in [0.05, 0.1) is 0 Å². The zero-order chi connectivity index (χ0) is 7.72. The predicted octanol–water partition coefficient (Wildman–Crippen LogP) is 2.11. The molecule has 0 fully saturated rings. The average molecular weight is 253 g/mol. The van der Waals surface area contributed by atoms with Crippen molar-refractivity contribution in [1.82, 2.24) is 0 Å². The van der Waals surface area contributed by atoms with Gasteiger partial charge in [0.1, 0.15) is 0 Å². The van der Waals surface area contributed by atoms with Gasteiger partial charge in [-0.3, -0.25) is 0 Å². The third-order valence-electron chi connectivity index (χ3n) is 1.74. The Bertz CT molecular complexity index is 233. The van der Waals surface area contributed by atoms with Crippen molar-refractivity contribution in [3.05, 3.63) is 28.8 Å². The summed E-state index contributed by atoms with van der Waals surface area (Å²) in [4.78, 5) is 0. The molecule has 1 aromatic carbocycles. The molecule has 11 heavy (non-hydrogen) atoms. The molecular weight excluding hydrogens is 240 g/mol. The summed E-state index contributed by atoms with van der Waals surface area (Å²) in [6.07, 6.45) is 0. The van der Waals surface area contributed by atoms with Gasteiger partial charge in [-0.2, -0.15) is 0 Å². The van der Waals surface area contributed by atoms with Crippen LogP contribution in [0, 0.1) is 20.8 Å². The SMILES string of the molecule is Cc1cc(C)c(P)c(C)c1.[Ru+3]. The van der Waals surface area contributed by atoms with Crippen LogP contribution in [0.1, 0.15) is 16.7 Å². The monoisotopic (exact) mass is 254 g/mol. The first-order valence-electron chi connectivity index (χ1n) is 3.44. The minimum atomic E-state index is 0. The van der Waals surface area contributed by atoms with Gasteiger partial charge in [-0.05, 0) is 37.2 Å². The number of aryl methyl sites for hydroxylation is 3. The van der Waals surface area contributed by atoms with Gasteiger partial charge in [0.25, 0.3) is 0 Å². The Hall–Kier alpha value is 0.273. The van der Waals surface area contributed by atoms with Crippen LogP contribution >= 0.6 is 9.24 Å². The van der Waals surface area contributed by atoms with E-state index in [0.717, 1.165) is 0 Å². The number of rotatable bonds is 0. The van der Waals surface area contributed by atoms with Gasteiger partial charge in [-0.1, -0.05) is 17.7 Å². The average Bonchev–Trinajstić information content (AvgIpc) is 1.82. The summed E-state index contributed by atoms with van der Waals surface area (Å²) in [6, 6.07) is 4.41. The fourth-order valence-corrected chi connectivity index (χ4v) is 1.36. The summed E-state index contributed by atoms with van der Waals surface area (Å²) in [5.74, 6) is 0. The van der Waals surface area contributed by atoms with Gasteiger partial charge in [0.15, 0.2) is 0 Å². The second-order valence-electron chi connectivity index (χ2n) is 2.81. The van der Waals surface area contributed by atoms with Crippen molar-refractivity contribution < 1.29 is 19.5 Å². The molecule has 0 saturated heterocycles. The van der Waals surface area contributed by atoms with Gasteiger partial charge in [0, 0.05) is 0 Å². The van der Waals surface area contributed by atoms with E-state index in [0.29, 0.717) is 0 Å². The molecule has 1 radical (unpaired) electrons. The van der Waals surface area contributed by atoms with Crippen LogP contribution in [0.4, 0.5) is 0 Å². The second-order valence-corrected chi connectivity index (χ2v) is 3.39. The number of hydrogen-bond acceptors (Lipinski definition) is 0. The van der Waals surface area contributed by atoms with Crippen LogP contribution in [0.25, 0.3) is 0 Å². The minimum Gasteiger partial charge on any atom is -0.105 e. The van der Waals surface area contributed by atoms with Gasteiger partial charge >= 0.3 is 19.5 Å². The van der Waals surface area contributed by atoms with Crippen LogP contribution in [0.2, 0.25) is 0 Å². The van der Waals surface area contributed by atoms with Gasteiger partial charge < -0.3 is 0 Å². The smallest absolute Gasteiger partial charge is 0.105 e. The van der Waals surface area contributed by atoms with Crippen LogP contribution in [-0.2, 0) is 19.5 Å². The molecule has 0 N–H and O–H groups in total. The Morgan fingerprint density at radius 2 is 1.36 bits per heavy atom. The van der Waals surface area contributed by atoms with Crippen molar-refractivity contribution in [3.63, 3.8) is 0 Å². The van der Waals surface area contributed by atoms with Crippen molar-refractivity contribution in [3.8, 4) is 0 Å². The number of benzene rings is 1. The van der Waals surface area contributed by atoms with Crippen molar-refractivity contribution >= 4 is 14.5 Å². The first kappa shape index (κ1) is 11.3. The summed E-state index contributed by atoms with van der Waals surface area (Å²) in [7, 11) is 2.77. The molecule has 0 aliphatic heterocycles. The van der Waals surface area contributed by atoms with Crippen molar-refractivity contribution in [2.45, 2.75) is 20.8 Å². The molecule has 1 atom stereocenters. The van der Waals surface area contributed by atoms with E-state index < -0.39 is 0 Å². The molecule has 59 valence electrons. The Balaban J connectivity index is 0.000001000. The van der Waals surface area contributed by atoms with E-state index in [-0.39, 0.29) is 19.5 Å². The van der Waals surface area contributed by atoms with E-state index in [9.17, 15) is 0 Å². The van der Waals surface area contributed by atoms with E-state index in [2.05, 4.69) is 42.1 Å².